The van der Waals surface area contributed by atoms with Gasteiger partial charge in [-0.2, -0.15) is 0 Å². The average Bonchev–Trinajstić information content (AvgIpc) is 2.18. The number of benzene rings is 1. The minimum atomic E-state index is -1.17. The number of hydrogen-bond acceptors (Lipinski definition) is 2. The van der Waals surface area contributed by atoms with E-state index in [9.17, 15) is 9.00 Å². The Balaban J connectivity index is 2.52. The normalized spacial score (nSPS) is 12.3. The molecule has 82 valence electrons. The summed E-state index contributed by atoms with van der Waals surface area (Å²) in [6, 6.07) is 7.13. The molecule has 0 bridgehead atoms. The van der Waals surface area contributed by atoms with Crippen molar-refractivity contribution in [1.29, 1.82) is 0 Å². The Bertz CT molecular complexity index is 379. The maximum atomic E-state index is 11.5. The van der Waals surface area contributed by atoms with E-state index in [0.29, 0.717) is 10.8 Å². The number of rotatable bonds is 5. The van der Waals surface area contributed by atoms with Crippen molar-refractivity contribution in [2.45, 2.75) is 12.2 Å². The molecular weight excluding hydrogens is 236 g/mol. The van der Waals surface area contributed by atoms with E-state index in [0.717, 1.165) is 5.56 Å². The predicted molar refractivity (Wildman–Crippen MR) is 60.4 cm³/mol. The zero-order chi connectivity index (χ0) is 11.3. The SMILES string of the molecule is O=C(O)CCS(=O)Cc1ccccc1Cl. The molecule has 0 radical (unpaired) electrons. The first-order valence-electron chi connectivity index (χ1n) is 4.40. The highest BCUT2D eigenvalue weighted by molar-refractivity contribution is 7.84. The van der Waals surface area contributed by atoms with E-state index in [-0.39, 0.29) is 12.2 Å². The lowest BCUT2D eigenvalue weighted by Gasteiger charge is -2.02. The topological polar surface area (TPSA) is 54.4 Å². The molecule has 15 heavy (non-hydrogen) atoms. The fourth-order valence-corrected chi connectivity index (χ4v) is 2.49. The third-order valence-electron chi connectivity index (χ3n) is 1.82. The molecule has 0 amide bonds. The maximum absolute atomic E-state index is 11.5. The van der Waals surface area contributed by atoms with Crippen LogP contribution in [0.15, 0.2) is 24.3 Å². The van der Waals surface area contributed by atoms with Crippen molar-refractivity contribution in [1.82, 2.24) is 0 Å². The molecule has 1 rings (SSSR count). The molecule has 0 saturated carbocycles. The maximum Gasteiger partial charge on any atom is 0.304 e. The van der Waals surface area contributed by atoms with Crippen molar-refractivity contribution in [2.24, 2.45) is 0 Å². The fourth-order valence-electron chi connectivity index (χ4n) is 1.06. The van der Waals surface area contributed by atoms with Crippen LogP contribution in [0.1, 0.15) is 12.0 Å². The summed E-state index contributed by atoms with van der Waals surface area (Å²) in [4.78, 5) is 10.3. The van der Waals surface area contributed by atoms with Crippen LogP contribution in [0.4, 0.5) is 0 Å². The summed E-state index contributed by atoms with van der Waals surface area (Å²) >= 11 is 5.88. The van der Waals surface area contributed by atoms with Gasteiger partial charge in [0.25, 0.3) is 0 Å². The highest BCUT2D eigenvalue weighted by Gasteiger charge is 2.07. The van der Waals surface area contributed by atoms with Gasteiger partial charge in [0, 0.05) is 21.6 Å². The Kier molecular flexibility index (Phi) is 4.78. The number of halogens is 1. The van der Waals surface area contributed by atoms with Crippen molar-refractivity contribution < 1.29 is 14.1 Å². The van der Waals surface area contributed by atoms with Crippen LogP contribution in [0.25, 0.3) is 0 Å². The molecule has 0 aromatic heterocycles. The van der Waals surface area contributed by atoms with Gasteiger partial charge in [-0.05, 0) is 11.6 Å². The summed E-state index contributed by atoms with van der Waals surface area (Å²) in [6.07, 6.45) is -0.0724. The molecule has 3 nitrogen and oxygen atoms in total. The molecule has 1 N–H and O–H groups in total. The van der Waals surface area contributed by atoms with Crippen molar-refractivity contribution in [2.75, 3.05) is 5.75 Å². The van der Waals surface area contributed by atoms with E-state index in [2.05, 4.69) is 0 Å². The Hall–Kier alpha value is -0.870. The zero-order valence-electron chi connectivity index (χ0n) is 7.98. The molecule has 5 heteroatoms. The molecule has 0 aliphatic rings. The van der Waals surface area contributed by atoms with Crippen LogP contribution in [0.5, 0.6) is 0 Å². The first-order valence-corrected chi connectivity index (χ1v) is 6.26. The summed E-state index contributed by atoms with van der Waals surface area (Å²) in [5.41, 5.74) is 0.794. The van der Waals surface area contributed by atoms with E-state index in [1.807, 2.05) is 6.07 Å². The van der Waals surface area contributed by atoms with Crippen molar-refractivity contribution in [3.05, 3.63) is 34.9 Å². The molecule has 1 aromatic carbocycles. The summed E-state index contributed by atoms with van der Waals surface area (Å²) in [5, 5.41) is 8.99. The molecule has 0 fully saturated rings. The average molecular weight is 247 g/mol. The van der Waals surface area contributed by atoms with Gasteiger partial charge >= 0.3 is 5.97 Å². The van der Waals surface area contributed by atoms with Gasteiger partial charge in [0.1, 0.15) is 0 Å². The number of carboxylic acids is 1. The van der Waals surface area contributed by atoms with E-state index >= 15 is 0 Å². The van der Waals surface area contributed by atoms with E-state index in [4.69, 9.17) is 16.7 Å². The van der Waals surface area contributed by atoms with Crippen LogP contribution in [0, 0.1) is 0 Å². The lowest BCUT2D eigenvalue weighted by atomic mass is 10.2. The van der Waals surface area contributed by atoms with Crippen molar-refractivity contribution in [3.8, 4) is 0 Å². The second kappa shape index (κ2) is 5.88. The first-order chi connectivity index (χ1) is 7.09. The minimum absolute atomic E-state index is 0.0724. The largest absolute Gasteiger partial charge is 0.481 e. The van der Waals surface area contributed by atoms with Crippen molar-refractivity contribution in [3.63, 3.8) is 0 Å². The summed E-state index contributed by atoms with van der Waals surface area (Å²) in [5.74, 6) is -0.449. The van der Waals surface area contributed by atoms with Crippen LogP contribution in [-0.4, -0.2) is 21.0 Å². The highest BCUT2D eigenvalue weighted by Crippen LogP contribution is 2.16. The molecular formula is C10H11ClO3S. The molecule has 0 aliphatic heterocycles. The zero-order valence-corrected chi connectivity index (χ0v) is 9.55. The van der Waals surface area contributed by atoms with Gasteiger partial charge in [-0.1, -0.05) is 29.8 Å². The van der Waals surface area contributed by atoms with Crippen LogP contribution < -0.4 is 0 Å². The van der Waals surface area contributed by atoms with Crippen LogP contribution in [-0.2, 0) is 21.3 Å². The third kappa shape index (κ3) is 4.44. The van der Waals surface area contributed by atoms with Crippen LogP contribution in [0.3, 0.4) is 0 Å². The van der Waals surface area contributed by atoms with Crippen molar-refractivity contribution >= 4 is 28.4 Å². The minimum Gasteiger partial charge on any atom is -0.481 e. The second-order valence-corrected chi connectivity index (χ2v) is 5.01. The van der Waals surface area contributed by atoms with Crippen LogP contribution in [0.2, 0.25) is 5.02 Å². The number of hydrogen-bond donors (Lipinski definition) is 1. The summed E-state index contributed by atoms with van der Waals surface area (Å²) < 4.78 is 11.5. The van der Waals surface area contributed by atoms with Gasteiger partial charge in [-0.25, -0.2) is 0 Å². The number of carboxylic acid groups (broad SMARTS) is 1. The first kappa shape index (κ1) is 12.2. The van der Waals surface area contributed by atoms with Gasteiger partial charge < -0.3 is 5.11 Å². The molecule has 0 spiro atoms. The Morgan fingerprint density at radius 1 is 1.40 bits per heavy atom. The van der Waals surface area contributed by atoms with E-state index in [1.54, 1.807) is 18.2 Å². The fraction of sp³-hybridized carbons (Fsp3) is 0.300. The Morgan fingerprint density at radius 3 is 2.67 bits per heavy atom. The summed E-state index contributed by atoms with van der Waals surface area (Å²) in [6.45, 7) is 0. The molecule has 1 unspecified atom stereocenters. The molecule has 1 aromatic rings. The van der Waals surface area contributed by atoms with Crippen LogP contribution >= 0.6 is 11.6 Å². The predicted octanol–water partition coefficient (Wildman–Crippen LogP) is 2.06. The van der Waals surface area contributed by atoms with Gasteiger partial charge in [-0.3, -0.25) is 9.00 Å². The van der Waals surface area contributed by atoms with E-state index in [1.165, 1.54) is 0 Å². The van der Waals surface area contributed by atoms with Gasteiger partial charge in [0.2, 0.25) is 0 Å². The smallest absolute Gasteiger partial charge is 0.304 e. The highest BCUT2D eigenvalue weighted by atomic mass is 35.5. The molecule has 0 aliphatic carbocycles. The molecule has 0 saturated heterocycles. The number of aliphatic carboxylic acids is 1. The monoisotopic (exact) mass is 246 g/mol. The number of carbonyl (C=O) groups is 1. The van der Waals surface area contributed by atoms with Gasteiger partial charge in [-0.15, -0.1) is 0 Å². The molecule has 1 atom stereocenters. The van der Waals surface area contributed by atoms with Gasteiger partial charge in [0.15, 0.2) is 0 Å². The lowest BCUT2D eigenvalue weighted by molar-refractivity contribution is -0.136. The Morgan fingerprint density at radius 2 is 2.07 bits per heavy atom. The lowest BCUT2D eigenvalue weighted by Crippen LogP contribution is -2.06. The third-order valence-corrected chi connectivity index (χ3v) is 3.48. The quantitative estimate of drug-likeness (QED) is 0.865. The van der Waals surface area contributed by atoms with Gasteiger partial charge in [0.05, 0.1) is 12.2 Å². The standard InChI is InChI=1S/C10H11ClO3S/c11-9-4-2-1-3-8(9)7-15(14)6-5-10(12)13/h1-4H,5-7H2,(H,12,13). The molecule has 0 heterocycles. The summed E-state index contributed by atoms with van der Waals surface area (Å²) in [7, 11) is -1.17. The Labute approximate surface area is 95.5 Å². The van der Waals surface area contributed by atoms with E-state index < -0.39 is 16.8 Å². The second-order valence-electron chi connectivity index (χ2n) is 3.02.